The van der Waals surface area contributed by atoms with Gasteiger partial charge in [-0.25, -0.2) is 9.59 Å². The standard InChI is InChI=1S/C25H46N2O8/c1-18(2)16-21(26-6)23(29)33-12-9-7-8-10-13-34-24(30)22(17-19(3)4)27-25(31)35-15-11-14-32-20(5)28/h18-19,21-22,26H,7-17H2,1-6H3,(H,27,31). The van der Waals surface area contributed by atoms with Crippen LogP contribution in [0.2, 0.25) is 0 Å². The Morgan fingerprint density at radius 2 is 1.09 bits per heavy atom. The Labute approximate surface area is 210 Å². The van der Waals surface area contributed by atoms with Crippen molar-refractivity contribution in [2.24, 2.45) is 11.8 Å². The highest BCUT2D eigenvalue weighted by atomic mass is 16.6. The maximum atomic E-state index is 12.4. The number of alkyl carbamates (subject to hydrolysis) is 1. The number of rotatable bonds is 19. The van der Waals surface area contributed by atoms with Crippen molar-refractivity contribution >= 4 is 24.0 Å². The second kappa shape index (κ2) is 19.9. The van der Waals surface area contributed by atoms with E-state index >= 15 is 0 Å². The smallest absolute Gasteiger partial charge is 0.407 e. The fourth-order valence-corrected chi connectivity index (χ4v) is 3.22. The first kappa shape index (κ1) is 32.6. The number of amides is 1. The molecule has 0 aromatic rings. The summed E-state index contributed by atoms with van der Waals surface area (Å²) in [6, 6.07) is -1.07. The van der Waals surface area contributed by atoms with Crippen molar-refractivity contribution in [3.05, 3.63) is 0 Å². The molecule has 0 heterocycles. The molecule has 0 fully saturated rings. The van der Waals surface area contributed by atoms with Crippen molar-refractivity contribution in [3.8, 4) is 0 Å². The van der Waals surface area contributed by atoms with Crippen molar-refractivity contribution in [1.82, 2.24) is 10.6 Å². The molecule has 0 spiro atoms. The molecule has 0 aromatic carbocycles. The number of ether oxygens (including phenoxy) is 4. The minimum Gasteiger partial charge on any atom is -0.466 e. The van der Waals surface area contributed by atoms with Gasteiger partial charge in [0.1, 0.15) is 12.1 Å². The fraction of sp³-hybridized carbons (Fsp3) is 0.840. The monoisotopic (exact) mass is 502 g/mol. The SMILES string of the molecule is CNC(CC(C)C)C(=O)OCCCCCCOC(=O)C(CC(C)C)NC(=O)OCCCOC(C)=O. The number of esters is 3. The molecule has 2 unspecified atom stereocenters. The third kappa shape index (κ3) is 18.6. The van der Waals surface area contributed by atoms with Crippen LogP contribution in [0.1, 0.15) is 79.6 Å². The summed E-state index contributed by atoms with van der Waals surface area (Å²) in [5, 5.41) is 5.55. The van der Waals surface area contributed by atoms with Gasteiger partial charge in [0.15, 0.2) is 0 Å². The highest BCUT2D eigenvalue weighted by Gasteiger charge is 2.24. The molecule has 1 amide bonds. The van der Waals surface area contributed by atoms with Crippen LogP contribution in [0, 0.1) is 11.8 Å². The molecule has 204 valence electrons. The molecule has 2 N–H and O–H groups in total. The zero-order valence-corrected chi connectivity index (χ0v) is 22.4. The van der Waals surface area contributed by atoms with E-state index in [9.17, 15) is 19.2 Å². The molecule has 0 radical (unpaired) electrons. The zero-order chi connectivity index (χ0) is 26.6. The van der Waals surface area contributed by atoms with Crippen molar-refractivity contribution in [3.63, 3.8) is 0 Å². The van der Waals surface area contributed by atoms with Gasteiger partial charge in [0.2, 0.25) is 0 Å². The predicted octanol–water partition coefficient (Wildman–Crippen LogP) is 3.36. The summed E-state index contributed by atoms with van der Waals surface area (Å²) in [6.45, 7) is 10.2. The molecule has 2 atom stereocenters. The van der Waals surface area contributed by atoms with Crippen LogP contribution in [0.25, 0.3) is 0 Å². The molecule has 10 heteroatoms. The van der Waals surface area contributed by atoms with E-state index < -0.39 is 24.1 Å². The summed E-state index contributed by atoms with van der Waals surface area (Å²) < 4.78 is 20.5. The minimum absolute atomic E-state index is 0.0746. The van der Waals surface area contributed by atoms with Crippen LogP contribution >= 0.6 is 0 Å². The maximum Gasteiger partial charge on any atom is 0.407 e. The van der Waals surface area contributed by atoms with Crippen LogP contribution in [0.4, 0.5) is 4.79 Å². The van der Waals surface area contributed by atoms with Gasteiger partial charge in [0.05, 0.1) is 26.4 Å². The van der Waals surface area contributed by atoms with Crippen molar-refractivity contribution < 1.29 is 38.1 Å². The summed E-state index contributed by atoms with van der Waals surface area (Å²) in [5.74, 6) is -0.531. The second-order valence-electron chi connectivity index (χ2n) is 9.38. The molecule has 0 aliphatic carbocycles. The maximum absolute atomic E-state index is 12.4. The topological polar surface area (TPSA) is 129 Å². The first-order valence-electron chi connectivity index (χ1n) is 12.6. The van der Waals surface area contributed by atoms with Gasteiger partial charge in [-0.05, 0) is 57.4 Å². The summed E-state index contributed by atoms with van der Waals surface area (Å²) in [6.07, 6.45) is 3.95. The third-order valence-corrected chi connectivity index (χ3v) is 4.98. The molecular formula is C25H46N2O8. The number of nitrogens with one attached hydrogen (secondary N) is 2. The Balaban J connectivity index is 4.11. The van der Waals surface area contributed by atoms with Crippen LogP contribution in [0.3, 0.4) is 0 Å². The highest BCUT2D eigenvalue weighted by molar-refractivity contribution is 5.81. The predicted molar refractivity (Wildman–Crippen MR) is 132 cm³/mol. The van der Waals surface area contributed by atoms with Crippen LogP contribution in [0.5, 0.6) is 0 Å². The van der Waals surface area contributed by atoms with E-state index in [1.54, 1.807) is 7.05 Å². The van der Waals surface area contributed by atoms with Gasteiger partial charge < -0.3 is 29.6 Å². The van der Waals surface area contributed by atoms with Crippen LogP contribution in [-0.2, 0) is 33.3 Å². The number of unbranched alkanes of at least 4 members (excludes halogenated alkanes) is 3. The Hall–Kier alpha value is -2.36. The van der Waals surface area contributed by atoms with E-state index in [0.717, 1.165) is 25.7 Å². The second-order valence-corrected chi connectivity index (χ2v) is 9.38. The number of hydrogen-bond acceptors (Lipinski definition) is 9. The van der Waals surface area contributed by atoms with E-state index in [1.807, 2.05) is 13.8 Å². The quantitative estimate of drug-likeness (QED) is 0.155. The van der Waals surface area contributed by atoms with Crippen molar-refractivity contribution in [1.29, 1.82) is 0 Å². The van der Waals surface area contributed by atoms with Crippen molar-refractivity contribution in [2.45, 2.75) is 91.6 Å². The molecule has 0 aliphatic heterocycles. The molecule has 0 saturated carbocycles. The Morgan fingerprint density at radius 3 is 1.57 bits per heavy atom. The minimum atomic E-state index is -0.790. The molecule has 10 nitrogen and oxygen atoms in total. The number of carbonyl (C=O) groups is 4. The van der Waals surface area contributed by atoms with Gasteiger partial charge in [0, 0.05) is 13.3 Å². The average Bonchev–Trinajstić information content (AvgIpc) is 2.77. The van der Waals surface area contributed by atoms with E-state index in [2.05, 4.69) is 24.5 Å². The number of hydrogen-bond donors (Lipinski definition) is 2. The fourth-order valence-electron chi connectivity index (χ4n) is 3.22. The zero-order valence-electron chi connectivity index (χ0n) is 22.4. The Kier molecular flexibility index (Phi) is 18.6. The summed E-state index contributed by atoms with van der Waals surface area (Å²) in [7, 11) is 1.76. The van der Waals surface area contributed by atoms with Gasteiger partial charge >= 0.3 is 24.0 Å². The highest BCUT2D eigenvalue weighted by Crippen LogP contribution is 2.09. The van der Waals surface area contributed by atoms with E-state index in [1.165, 1.54) is 6.92 Å². The lowest BCUT2D eigenvalue weighted by Gasteiger charge is -2.19. The Morgan fingerprint density at radius 1 is 0.629 bits per heavy atom. The van der Waals surface area contributed by atoms with Crippen molar-refractivity contribution in [2.75, 3.05) is 33.5 Å². The van der Waals surface area contributed by atoms with Crippen LogP contribution in [0.15, 0.2) is 0 Å². The molecule has 0 saturated heterocycles. The van der Waals surface area contributed by atoms with E-state index in [0.29, 0.717) is 31.8 Å². The summed E-state index contributed by atoms with van der Waals surface area (Å²) in [5.41, 5.74) is 0. The van der Waals surface area contributed by atoms with E-state index in [-0.39, 0.29) is 37.7 Å². The lowest BCUT2D eigenvalue weighted by atomic mass is 10.0. The van der Waals surface area contributed by atoms with Gasteiger partial charge in [0.25, 0.3) is 0 Å². The average molecular weight is 503 g/mol. The molecule has 0 rings (SSSR count). The Bertz CT molecular complexity index is 625. The molecule has 0 aromatic heterocycles. The van der Waals surface area contributed by atoms with Gasteiger partial charge in [-0.2, -0.15) is 0 Å². The summed E-state index contributed by atoms with van der Waals surface area (Å²) >= 11 is 0. The lowest BCUT2D eigenvalue weighted by Crippen LogP contribution is -2.43. The lowest BCUT2D eigenvalue weighted by molar-refractivity contribution is -0.147. The third-order valence-electron chi connectivity index (χ3n) is 4.98. The van der Waals surface area contributed by atoms with Gasteiger partial charge in [-0.3, -0.25) is 9.59 Å². The summed E-state index contributed by atoms with van der Waals surface area (Å²) in [4.78, 5) is 47.2. The number of carbonyl (C=O) groups excluding carboxylic acids is 4. The van der Waals surface area contributed by atoms with Crippen LogP contribution < -0.4 is 10.6 Å². The van der Waals surface area contributed by atoms with Gasteiger partial charge in [-0.15, -0.1) is 0 Å². The molecule has 0 bridgehead atoms. The normalized spacial score (nSPS) is 12.7. The molecular weight excluding hydrogens is 456 g/mol. The largest absolute Gasteiger partial charge is 0.466 e. The van der Waals surface area contributed by atoms with E-state index in [4.69, 9.17) is 18.9 Å². The first-order valence-corrected chi connectivity index (χ1v) is 12.6. The molecule has 35 heavy (non-hydrogen) atoms. The first-order chi connectivity index (χ1) is 16.6. The van der Waals surface area contributed by atoms with Gasteiger partial charge in [-0.1, -0.05) is 27.7 Å². The number of likely N-dealkylation sites (N-methyl/N-ethyl adjacent to an activating group) is 1. The van der Waals surface area contributed by atoms with Crippen LogP contribution in [-0.4, -0.2) is 69.6 Å². The molecule has 0 aliphatic rings.